The van der Waals surface area contributed by atoms with E-state index in [1.165, 1.54) is 12.1 Å². The van der Waals surface area contributed by atoms with Gasteiger partial charge in [-0.25, -0.2) is 17.8 Å². The molecule has 1 aromatic carbocycles. The van der Waals surface area contributed by atoms with E-state index in [2.05, 4.69) is 10.4 Å². The fourth-order valence-corrected chi connectivity index (χ4v) is 4.61. The Morgan fingerprint density at radius 1 is 1.36 bits per heavy atom. The predicted octanol–water partition coefficient (Wildman–Crippen LogP) is 1.24. The third kappa shape index (κ3) is 3.87. The van der Waals surface area contributed by atoms with Crippen molar-refractivity contribution in [1.29, 1.82) is 0 Å². The molecule has 1 fully saturated rings. The molecular formula is C16H18FN3O4S. The maximum Gasteiger partial charge on any atom is 0.271 e. The summed E-state index contributed by atoms with van der Waals surface area (Å²) in [5.41, 5.74) is 0.916. The third-order valence-corrected chi connectivity index (χ3v) is 6.00. The van der Waals surface area contributed by atoms with Crippen LogP contribution in [0.2, 0.25) is 0 Å². The zero-order valence-electron chi connectivity index (χ0n) is 13.7. The lowest BCUT2D eigenvalue weighted by Crippen LogP contribution is -2.42. The van der Waals surface area contributed by atoms with Gasteiger partial charge in [-0.05, 0) is 31.0 Å². The van der Waals surface area contributed by atoms with Crippen molar-refractivity contribution in [2.45, 2.75) is 32.2 Å². The molecule has 0 bridgehead atoms. The molecule has 1 N–H and O–H groups in total. The number of sulfone groups is 1. The first-order valence-corrected chi connectivity index (χ1v) is 9.75. The van der Waals surface area contributed by atoms with E-state index in [9.17, 15) is 22.4 Å². The van der Waals surface area contributed by atoms with Crippen molar-refractivity contribution in [2.24, 2.45) is 5.10 Å². The number of hydrazone groups is 1. The number of nitrogens with zero attached hydrogens (tertiary/aromatic N) is 2. The van der Waals surface area contributed by atoms with E-state index in [-0.39, 0.29) is 41.7 Å². The summed E-state index contributed by atoms with van der Waals surface area (Å²) >= 11 is 0. The van der Waals surface area contributed by atoms with Crippen LogP contribution in [0.25, 0.3) is 0 Å². The van der Waals surface area contributed by atoms with Gasteiger partial charge in [0.25, 0.3) is 5.91 Å². The SMILES string of the molecule is Cc1ccc(F)c(NC(=O)C2=NN(C3CCS(=O)(=O)C3)C(=O)CC2)c1. The molecule has 2 amide bonds. The zero-order chi connectivity index (χ0) is 18.2. The van der Waals surface area contributed by atoms with Gasteiger partial charge in [0.1, 0.15) is 11.5 Å². The molecule has 1 aromatic rings. The van der Waals surface area contributed by atoms with Crippen LogP contribution in [0.3, 0.4) is 0 Å². The summed E-state index contributed by atoms with van der Waals surface area (Å²) in [6.45, 7) is 1.77. The molecule has 0 aliphatic carbocycles. The van der Waals surface area contributed by atoms with E-state index in [1.54, 1.807) is 13.0 Å². The van der Waals surface area contributed by atoms with Crippen LogP contribution in [-0.4, -0.2) is 48.5 Å². The Kier molecular flexibility index (Phi) is 4.59. The smallest absolute Gasteiger partial charge is 0.271 e. The van der Waals surface area contributed by atoms with Crippen molar-refractivity contribution >= 4 is 33.1 Å². The number of aryl methyl sites for hydroxylation is 1. The highest BCUT2D eigenvalue weighted by molar-refractivity contribution is 7.91. The summed E-state index contributed by atoms with van der Waals surface area (Å²) in [7, 11) is -3.18. The number of amides is 2. The second-order valence-corrected chi connectivity index (χ2v) is 8.51. The van der Waals surface area contributed by atoms with Crippen LogP contribution >= 0.6 is 0 Å². The Morgan fingerprint density at radius 2 is 2.12 bits per heavy atom. The number of anilines is 1. The average Bonchev–Trinajstić information content (AvgIpc) is 2.91. The molecular weight excluding hydrogens is 349 g/mol. The lowest BCUT2D eigenvalue weighted by Gasteiger charge is -2.27. The topological polar surface area (TPSA) is 95.9 Å². The average molecular weight is 367 g/mol. The Balaban J connectivity index is 1.79. The number of halogens is 1. The first-order chi connectivity index (χ1) is 11.7. The van der Waals surface area contributed by atoms with Gasteiger partial charge in [-0.2, -0.15) is 5.10 Å². The summed E-state index contributed by atoms with van der Waals surface area (Å²) in [6.07, 6.45) is 0.506. The van der Waals surface area contributed by atoms with Crippen LogP contribution in [0.15, 0.2) is 23.3 Å². The van der Waals surface area contributed by atoms with Crippen LogP contribution in [0.4, 0.5) is 10.1 Å². The largest absolute Gasteiger partial charge is 0.318 e. The number of hydrogen-bond acceptors (Lipinski definition) is 5. The monoisotopic (exact) mass is 367 g/mol. The fourth-order valence-electron chi connectivity index (χ4n) is 2.92. The number of benzene rings is 1. The molecule has 1 saturated heterocycles. The van der Waals surface area contributed by atoms with Gasteiger partial charge in [0.05, 0.1) is 23.2 Å². The first kappa shape index (κ1) is 17.5. The molecule has 7 nitrogen and oxygen atoms in total. The van der Waals surface area contributed by atoms with Crippen LogP contribution < -0.4 is 5.32 Å². The van der Waals surface area contributed by atoms with E-state index < -0.39 is 27.6 Å². The van der Waals surface area contributed by atoms with Crippen molar-refractivity contribution in [3.05, 3.63) is 29.6 Å². The standard InChI is InChI=1S/C16H18FN3O4S/c1-10-2-3-12(17)14(8-10)18-16(22)13-4-5-15(21)20(19-13)11-6-7-25(23,24)9-11/h2-3,8,11H,4-7,9H2,1H3,(H,18,22). The Hall–Kier alpha value is -2.29. The molecule has 0 spiro atoms. The molecule has 2 heterocycles. The maximum atomic E-state index is 13.8. The number of rotatable bonds is 3. The second kappa shape index (κ2) is 6.55. The van der Waals surface area contributed by atoms with Gasteiger partial charge in [-0.15, -0.1) is 0 Å². The lowest BCUT2D eigenvalue weighted by molar-refractivity contribution is -0.133. The van der Waals surface area contributed by atoms with E-state index in [0.29, 0.717) is 6.42 Å². The molecule has 0 aromatic heterocycles. The van der Waals surface area contributed by atoms with Crippen molar-refractivity contribution in [3.63, 3.8) is 0 Å². The second-order valence-electron chi connectivity index (χ2n) is 6.28. The number of carbonyl (C=O) groups excluding carboxylic acids is 2. The lowest BCUT2D eigenvalue weighted by atomic mass is 10.1. The zero-order valence-corrected chi connectivity index (χ0v) is 14.5. The van der Waals surface area contributed by atoms with E-state index in [1.807, 2.05) is 0 Å². The van der Waals surface area contributed by atoms with E-state index in [4.69, 9.17) is 0 Å². The van der Waals surface area contributed by atoms with Crippen molar-refractivity contribution in [2.75, 3.05) is 16.8 Å². The fraction of sp³-hybridized carbons (Fsp3) is 0.438. The van der Waals surface area contributed by atoms with Gasteiger partial charge >= 0.3 is 0 Å². The third-order valence-electron chi connectivity index (χ3n) is 4.25. The van der Waals surface area contributed by atoms with Crippen molar-refractivity contribution < 1.29 is 22.4 Å². The van der Waals surface area contributed by atoms with Gasteiger partial charge < -0.3 is 5.32 Å². The van der Waals surface area contributed by atoms with E-state index in [0.717, 1.165) is 10.6 Å². The molecule has 2 aliphatic rings. The Labute approximate surface area is 144 Å². The van der Waals surface area contributed by atoms with Gasteiger partial charge in [-0.3, -0.25) is 9.59 Å². The maximum absolute atomic E-state index is 13.8. The van der Waals surface area contributed by atoms with Gasteiger partial charge in [0, 0.05) is 12.8 Å². The van der Waals surface area contributed by atoms with E-state index >= 15 is 0 Å². The van der Waals surface area contributed by atoms with Gasteiger partial charge in [0.15, 0.2) is 9.84 Å². The molecule has 2 aliphatic heterocycles. The molecule has 1 atom stereocenters. The molecule has 0 radical (unpaired) electrons. The molecule has 25 heavy (non-hydrogen) atoms. The number of carbonyl (C=O) groups is 2. The highest BCUT2D eigenvalue weighted by Crippen LogP contribution is 2.23. The molecule has 3 rings (SSSR count). The Bertz CT molecular complexity index is 866. The summed E-state index contributed by atoms with van der Waals surface area (Å²) < 4.78 is 37.0. The molecule has 134 valence electrons. The van der Waals surface area contributed by atoms with Crippen molar-refractivity contribution in [1.82, 2.24) is 5.01 Å². The summed E-state index contributed by atoms with van der Waals surface area (Å²) in [6, 6.07) is 3.80. The summed E-state index contributed by atoms with van der Waals surface area (Å²) in [5.74, 6) is -1.61. The van der Waals surface area contributed by atoms with Gasteiger partial charge in [0.2, 0.25) is 5.91 Å². The normalized spacial score (nSPS) is 22.6. The van der Waals surface area contributed by atoms with Crippen LogP contribution in [-0.2, 0) is 19.4 Å². The highest BCUT2D eigenvalue weighted by atomic mass is 32.2. The molecule has 0 saturated carbocycles. The molecule has 1 unspecified atom stereocenters. The quantitative estimate of drug-likeness (QED) is 0.869. The molecule has 9 heteroatoms. The predicted molar refractivity (Wildman–Crippen MR) is 90.3 cm³/mol. The summed E-state index contributed by atoms with van der Waals surface area (Å²) in [5, 5.41) is 7.63. The number of hydrogen-bond donors (Lipinski definition) is 1. The van der Waals surface area contributed by atoms with Crippen molar-refractivity contribution in [3.8, 4) is 0 Å². The minimum absolute atomic E-state index is 0.00694. The minimum atomic E-state index is -3.18. The minimum Gasteiger partial charge on any atom is -0.318 e. The Morgan fingerprint density at radius 3 is 2.80 bits per heavy atom. The highest BCUT2D eigenvalue weighted by Gasteiger charge is 2.37. The van der Waals surface area contributed by atoms with Crippen LogP contribution in [0.5, 0.6) is 0 Å². The number of nitrogens with one attached hydrogen (secondary N) is 1. The van der Waals surface area contributed by atoms with Crippen LogP contribution in [0, 0.1) is 12.7 Å². The van der Waals surface area contributed by atoms with Gasteiger partial charge in [-0.1, -0.05) is 6.07 Å². The summed E-state index contributed by atoms with van der Waals surface area (Å²) in [4.78, 5) is 24.4. The first-order valence-electron chi connectivity index (χ1n) is 7.92. The van der Waals surface area contributed by atoms with Crippen LogP contribution in [0.1, 0.15) is 24.8 Å².